The molecule has 0 heterocycles. The van der Waals surface area contributed by atoms with Crippen molar-refractivity contribution < 1.29 is 20.1 Å². The van der Waals surface area contributed by atoms with Gasteiger partial charge in [-0.25, -0.2) is 0 Å². The number of aryl methyl sites for hydroxylation is 4. The molecule has 115 valence electrons. The summed E-state index contributed by atoms with van der Waals surface area (Å²) in [5.41, 5.74) is 11.3. The van der Waals surface area contributed by atoms with E-state index in [1.54, 1.807) is 0 Å². The van der Waals surface area contributed by atoms with Crippen LogP contribution in [0.3, 0.4) is 0 Å². The van der Waals surface area contributed by atoms with Crippen molar-refractivity contribution in [2.75, 3.05) is 0 Å². The minimum absolute atomic E-state index is 0. The van der Waals surface area contributed by atoms with Gasteiger partial charge in [-0.15, -0.1) is 0 Å². The Kier molecular flexibility index (Phi) is 8.14. The first kappa shape index (κ1) is 20.1. The Morgan fingerprint density at radius 1 is 0.381 bits per heavy atom. The summed E-state index contributed by atoms with van der Waals surface area (Å²) in [5, 5.41) is 0. The van der Waals surface area contributed by atoms with Gasteiger partial charge in [0.15, 0.2) is 0 Å². The average Bonchev–Trinajstić information content (AvgIpc) is 2.43. The molecule has 0 bridgehead atoms. The first-order valence-corrected chi connectivity index (χ1v) is 7.32. The maximum atomic E-state index is 2.18. The van der Waals surface area contributed by atoms with Gasteiger partial charge in [-0.2, -0.15) is 0 Å². The monoisotopic (exact) mass is 365 g/mol. The molecular formula is C20H28Tc. The van der Waals surface area contributed by atoms with Crippen molar-refractivity contribution in [2.24, 2.45) is 0 Å². The van der Waals surface area contributed by atoms with Gasteiger partial charge < -0.3 is 0 Å². The largest absolute Gasteiger partial charge is 0.0588 e. The van der Waals surface area contributed by atoms with Gasteiger partial charge in [0, 0.05) is 20.1 Å². The fourth-order valence-electron chi connectivity index (χ4n) is 2.18. The summed E-state index contributed by atoms with van der Waals surface area (Å²) in [5.74, 6) is 0. The molecule has 0 N–H and O–H groups in total. The molecule has 0 aromatic heterocycles. The van der Waals surface area contributed by atoms with E-state index in [2.05, 4.69) is 79.7 Å². The molecule has 0 spiro atoms. The molecule has 0 aliphatic rings. The minimum Gasteiger partial charge on any atom is -0.0588 e. The van der Waals surface area contributed by atoms with Gasteiger partial charge in [-0.3, -0.25) is 0 Å². The van der Waals surface area contributed by atoms with Gasteiger partial charge in [-0.1, -0.05) is 24.3 Å². The quantitative estimate of drug-likeness (QED) is 0.550. The zero-order valence-electron chi connectivity index (χ0n) is 14.7. The van der Waals surface area contributed by atoms with E-state index in [1.807, 2.05) is 0 Å². The number of hydrogen-bond donors (Lipinski definition) is 0. The van der Waals surface area contributed by atoms with Crippen LogP contribution in [0.4, 0.5) is 0 Å². The van der Waals surface area contributed by atoms with Gasteiger partial charge in [0.05, 0.1) is 0 Å². The van der Waals surface area contributed by atoms with E-state index in [1.165, 1.54) is 44.5 Å². The molecule has 0 saturated carbocycles. The Morgan fingerprint density at radius 3 is 0.667 bits per heavy atom. The standard InChI is InChI=1S/2C10H14.Tc/c2*1-7-5-6-8(2)10(4)9(7)3;/h2*5-6H,1-4H3;. The van der Waals surface area contributed by atoms with Crippen LogP contribution in [-0.2, 0) is 20.1 Å². The van der Waals surface area contributed by atoms with Crippen LogP contribution < -0.4 is 0 Å². The third-order valence-electron chi connectivity index (χ3n) is 4.66. The molecular weight excluding hydrogens is 338 g/mol. The van der Waals surface area contributed by atoms with Crippen LogP contribution in [0.25, 0.3) is 0 Å². The second-order valence-corrected chi connectivity index (χ2v) is 5.90. The molecule has 0 aliphatic heterocycles. The van der Waals surface area contributed by atoms with E-state index >= 15 is 0 Å². The molecule has 2 rings (SSSR count). The molecule has 2 aromatic rings. The summed E-state index contributed by atoms with van der Waals surface area (Å²) in [4.78, 5) is 0. The van der Waals surface area contributed by atoms with Crippen molar-refractivity contribution in [3.05, 3.63) is 68.8 Å². The fourth-order valence-corrected chi connectivity index (χ4v) is 2.18. The Morgan fingerprint density at radius 2 is 0.524 bits per heavy atom. The molecule has 0 atom stereocenters. The Hall–Kier alpha value is -0.911. The van der Waals surface area contributed by atoms with Crippen LogP contribution in [0.2, 0.25) is 0 Å². The van der Waals surface area contributed by atoms with Crippen molar-refractivity contribution in [2.45, 2.75) is 55.4 Å². The number of rotatable bonds is 0. The van der Waals surface area contributed by atoms with Crippen molar-refractivity contribution in [3.8, 4) is 0 Å². The summed E-state index contributed by atoms with van der Waals surface area (Å²) in [6, 6.07) is 8.71. The SMILES string of the molecule is Cc1ccc(C)c(C)c1C.Cc1ccc(C)c(C)c1C.[Tc]. The average molecular weight is 366 g/mol. The summed E-state index contributed by atoms with van der Waals surface area (Å²) in [6.45, 7) is 17.3. The topological polar surface area (TPSA) is 0 Å². The van der Waals surface area contributed by atoms with Gasteiger partial charge >= 0.3 is 0 Å². The van der Waals surface area contributed by atoms with E-state index < -0.39 is 0 Å². The molecule has 0 aliphatic carbocycles. The maximum Gasteiger partial charge on any atom is 0 e. The Balaban J connectivity index is 0.000000364. The van der Waals surface area contributed by atoms with E-state index in [0.29, 0.717) is 0 Å². The third kappa shape index (κ3) is 5.09. The van der Waals surface area contributed by atoms with Gasteiger partial charge in [0.2, 0.25) is 0 Å². The molecule has 0 saturated heterocycles. The number of hydrogen-bond acceptors (Lipinski definition) is 0. The molecule has 21 heavy (non-hydrogen) atoms. The van der Waals surface area contributed by atoms with Gasteiger partial charge in [0.1, 0.15) is 0 Å². The van der Waals surface area contributed by atoms with Crippen LogP contribution in [0.15, 0.2) is 24.3 Å². The maximum absolute atomic E-state index is 2.18. The summed E-state index contributed by atoms with van der Waals surface area (Å²) in [6.07, 6.45) is 0. The second kappa shape index (κ2) is 8.51. The Bertz CT molecular complexity index is 500. The molecule has 0 nitrogen and oxygen atoms in total. The molecule has 2 aromatic carbocycles. The van der Waals surface area contributed by atoms with Crippen LogP contribution >= 0.6 is 0 Å². The molecule has 0 unspecified atom stereocenters. The molecule has 0 fully saturated rings. The van der Waals surface area contributed by atoms with E-state index in [0.717, 1.165) is 0 Å². The van der Waals surface area contributed by atoms with Gasteiger partial charge in [0.25, 0.3) is 0 Å². The van der Waals surface area contributed by atoms with Crippen molar-refractivity contribution in [1.29, 1.82) is 0 Å². The van der Waals surface area contributed by atoms with Crippen LogP contribution in [0.5, 0.6) is 0 Å². The predicted molar refractivity (Wildman–Crippen MR) is 90.8 cm³/mol. The van der Waals surface area contributed by atoms with Crippen LogP contribution in [0.1, 0.15) is 44.5 Å². The van der Waals surface area contributed by atoms with E-state index in [-0.39, 0.29) is 20.1 Å². The van der Waals surface area contributed by atoms with Crippen molar-refractivity contribution in [3.63, 3.8) is 0 Å². The second-order valence-electron chi connectivity index (χ2n) is 5.90. The third-order valence-corrected chi connectivity index (χ3v) is 4.66. The predicted octanol–water partition coefficient (Wildman–Crippen LogP) is 5.84. The first-order chi connectivity index (χ1) is 9.25. The molecule has 1 radical (unpaired) electrons. The van der Waals surface area contributed by atoms with E-state index in [4.69, 9.17) is 0 Å². The van der Waals surface area contributed by atoms with Crippen LogP contribution in [0, 0.1) is 55.4 Å². The van der Waals surface area contributed by atoms with Gasteiger partial charge in [-0.05, 0) is 99.9 Å². The smallest absolute Gasteiger partial charge is 0 e. The zero-order chi connectivity index (χ0) is 15.4. The van der Waals surface area contributed by atoms with Crippen molar-refractivity contribution >= 4 is 0 Å². The van der Waals surface area contributed by atoms with Crippen molar-refractivity contribution in [1.82, 2.24) is 0 Å². The van der Waals surface area contributed by atoms with Crippen LogP contribution in [-0.4, -0.2) is 0 Å². The molecule has 0 amide bonds. The molecule has 1 heteroatoms. The first-order valence-electron chi connectivity index (χ1n) is 7.32. The minimum atomic E-state index is 0. The fraction of sp³-hybridized carbons (Fsp3) is 0.400. The zero-order valence-corrected chi connectivity index (χ0v) is 16.5. The van der Waals surface area contributed by atoms with E-state index in [9.17, 15) is 0 Å². The Labute approximate surface area is 144 Å². The number of benzene rings is 2. The summed E-state index contributed by atoms with van der Waals surface area (Å²) >= 11 is 0. The summed E-state index contributed by atoms with van der Waals surface area (Å²) in [7, 11) is 0. The normalized spacial score (nSPS) is 9.52. The summed E-state index contributed by atoms with van der Waals surface area (Å²) < 4.78 is 0.